The van der Waals surface area contributed by atoms with Crippen LogP contribution in [0.25, 0.3) is 10.7 Å². The van der Waals surface area contributed by atoms with E-state index in [4.69, 9.17) is 0 Å². The van der Waals surface area contributed by atoms with E-state index in [1.165, 1.54) is 0 Å². The molecule has 0 saturated heterocycles. The molecular formula is C7H5Br2N3S. The zero-order valence-electron chi connectivity index (χ0n) is 6.66. The van der Waals surface area contributed by atoms with Crippen LogP contribution in [0.5, 0.6) is 0 Å². The molecule has 0 aliphatic carbocycles. The van der Waals surface area contributed by atoms with Crippen molar-refractivity contribution in [1.29, 1.82) is 0 Å². The van der Waals surface area contributed by atoms with Gasteiger partial charge >= 0.3 is 0 Å². The highest BCUT2D eigenvalue weighted by Gasteiger charge is 2.10. The maximum atomic E-state index is 4.02. The van der Waals surface area contributed by atoms with E-state index in [0.29, 0.717) is 0 Å². The van der Waals surface area contributed by atoms with Crippen LogP contribution >= 0.6 is 43.2 Å². The van der Waals surface area contributed by atoms with Crippen molar-refractivity contribution in [3.8, 4) is 10.7 Å². The van der Waals surface area contributed by atoms with Gasteiger partial charge in [-0.3, -0.25) is 0 Å². The first-order valence-corrected chi connectivity index (χ1v) is 5.88. The lowest BCUT2D eigenvalue weighted by molar-refractivity contribution is 0.922. The minimum absolute atomic E-state index is 0.886. The molecule has 0 aliphatic rings. The summed E-state index contributed by atoms with van der Waals surface area (Å²) in [5.41, 5.74) is 0. The lowest BCUT2D eigenvalue weighted by Gasteiger charge is -1.93. The van der Waals surface area contributed by atoms with Crippen molar-refractivity contribution < 1.29 is 0 Å². The lowest BCUT2D eigenvalue weighted by atomic mass is 10.4. The molecule has 2 heterocycles. The molecule has 13 heavy (non-hydrogen) atoms. The second kappa shape index (κ2) is 3.51. The molecule has 0 fully saturated rings. The second-order valence-corrected chi connectivity index (χ2v) is 5.72. The monoisotopic (exact) mass is 321 g/mol. The molecule has 2 aromatic heterocycles. The Morgan fingerprint density at radius 3 is 2.69 bits per heavy atom. The van der Waals surface area contributed by atoms with Crippen LogP contribution in [0.2, 0.25) is 0 Å². The van der Waals surface area contributed by atoms with E-state index in [1.807, 2.05) is 17.7 Å². The third kappa shape index (κ3) is 1.70. The van der Waals surface area contributed by atoms with Gasteiger partial charge in [0.05, 0.1) is 8.66 Å². The summed E-state index contributed by atoms with van der Waals surface area (Å²) in [7, 11) is 1.93. The van der Waals surface area contributed by atoms with Crippen molar-refractivity contribution in [1.82, 2.24) is 14.8 Å². The van der Waals surface area contributed by atoms with E-state index in [2.05, 4.69) is 42.1 Å². The molecule has 0 spiro atoms. The lowest BCUT2D eigenvalue weighted by Crippen LogP contribution is -1.87. The maximum Gasteiger partial charge on any atom is 0.173 e. The Labute approximate surface area is 96.1 Å². The Balaban J connectivity index is 2.53. The molecule has 2 rings (SSSR count). The Morgan fingerprint density at radius 1 is 1.46 bits per heavy atom. The van der Waals surface area contributed by atoms with Crippen molar-refractivity contribution in [3.63, 3.8) is 0 Å². The van der Waals surface area contributed by atoms with Gasteiger partial charge in [0.15, 0.2) is 5.82 Å². The Morgan fingerprint density at radius 2 is 2.23 bits per heavy atom. The molecule has 0 N–H and O–H groups in total. The zero-order valence-corrected chi connectivity index (χ0v) is 10.6. The van der Waals surface area contributed by atoms with E-state index in [1.54, 1.807) is 17.7 Å². The molecule has 0 amide bonds. The summed E-state index contributed by atoms with van der Waals surface area (Å²) in [5, 5.41) is 7.85. The van der Waals surface area contributed by atoms with E-state index in [-0.39, 0.29) is 0 Å². The normalized spacial score (nSPS) is 10.7. The van der Waals surface area contributed by atoms with Crippen molar-refractivity contribution >= 4 is 43.2 Å². The number of hydrogen-bond acceptors (Lipinski definition) is 3. The summed E-state index contributed by atoms with van der Waals surface area (Å²) >= 11 is 8.51. The average molecular weight is 323 g/mol. The average Bonchev–Trinajstić information content (AvgIpc) is 2.60. The largest absolute Gasteiger partial charge is 0.316 e. The van der Waals surface area contributed by atoms with Crippen LogP contribution in [0, 0.1) is 0 Å². The van der Waals surface area contributed by atoms with Gasteiger partial charge in [0.2, 0.25) is 0 Å². The highest BCUT2D eigenvalue weighted by Crippen LogP contribution is 2.36. The molecule has 3 nitrogen and oxygen atoms in total. The number of halogens is 2. The van der Waals surface area contributed by atoms with Crippen LogP contribution < -0.4 is 0 Å². The molecule has 0 atom stereocenters. The van der Waals surface area contributed by atoms with Gasteiger partial charge in [-0.1, -0.05) is 0 Å². The number of hydrogen-bond donors (Lipinski definition) is 0. The predicted octanol–water partition coefficient (Wildman–Crippen LogP) is 3.07. The molecule has 0 unspecified atom stereocenters. The quantitative estimate of drug-likeness (QED) is 0.808. The SMILES string of the molecule is Cn1cnnc1-c1cc(Br)c(Br)s1. The number of rotatable bonds is 1. The minimum atomic E-state index is 0.886. The molecule has 0 aliphatic heterocycles. The van der Waals surface area contributed by atoms with Crippen molar-refractivity contribution in [2.75, 3.05) is 0 Å². The number of nitrogens with zero attached hydrogens (tertiary/aromatic N) is 3. The first-order chi connectivity index (χ1) is 6.18. The first-order valence-electron chi connectivity index (χ1n) is 3.47. The Kier molecular flexibility index (Phi) is 2.53. The van der Waals surface area contributed by atoms with Gasteiger partial charge in [-0.05, 0) is 37.9 Å². The fourth-order valence-electron chi connectivity index (χ4n) is 0.963. The number of aryl methyl sites for hydroxylation is 1. The molecule has 0 bridgehead atoms. The first kappa shape index (κ1) is 9.36. The van der Waals surface area contributed by atoms with Crippen LogP contribution in [0.15, 0.2) is 20.7 Å². The molecule has 68 valence electrons. The van der Waals surface area contributed by atoms with Crippen LogP contribution in [0.4, 0.5) is 0 Å². The summed E-state index contributed by atoms with van der Waals surface area (Å²) in [4.78, 5) is 1.10. The highest BCUT2D eigenvalue weighted by molar-refractivity contribution is 9.13. The summed E-state index contributed by atoms with van der Waals surface area (Å²) in [6, 6.07) is 2.03. The summed E-state index contributed by atoms with van der Waals surface area (Å²) in [6.45, 7) is 0. The summed E-state index contributed by atoms with van der Waals surface area (Å²) in [6.07, 6.45) is 1.69. The van der Waals surface area contributed by atoms with Crippen LogP contribution in [-0.2, 0) is 7.05 Å². The minimum Gasteiger partial charge on any atom is -0.316 e. The Bertz CT molecular complexity index is 415. The summed E-state index contributed by atoms with van der Waals surface area (Å²) in [5.74, 6) is 0.886. The standard InChI is InChI=1S/C7H5Br2N3S/c1-12-3-10-11-7(12)5-2-4(8)6(9)13-5/h2-3H,1H3. The number of aromatic nitrogens is 3. The van der Waals surface area contributed by atoms with E-state index in [0.717, 1.165) is 19.0 Å². The van der Waals surface area contributed by atoms with E-state index >= 15 is 0 Å². The smallest absolute Gasteiger partial charge is 0.173 e. The van der Waals surface area contributed by atoms with Crippen molar-refractivity contribution in [2.24, 2.45) is 7.05 Å². The summed E-state index contributed by atoms with van der Waals surface area (Å²) < 4.78 is 4.02. The van der Waals surface area contributed by atoms with Crippen LogP contribution in [0.3, 0.4) is 0 Å². The van der Waals surface area contributed by atoms with Crippen molar-refractivity contribution in [2.45, 2.75) is 0 Å². The van der Waals surface area contributed by atoms with Gasteiger partial charge < -0.3 is 4.57 Å². The zero-order chi connectivity index (χ0) is 9.42. The van der Waals surface area contributed by atoms with Crippen LogP contribution in [0.1, 0.15) is 0 Å². The topological polar surface area (TPSA) is 30.7 Å². The van der Waals surface area contributed by atoms with E-state index in [9.17, 15) is 0 Å². The third-order valence-electron chi connectivity index (χ3n) is 1.58. The van der Waals surface area contributed by atoms with Crippen LogP contribution in [-0.4, -0.2) is 14.8 Å². The second-order valence-electron chi connectivity index (χ2n) is 2.50. The molecule has 0 saturated carbocycles. The van der Waals surface area contributed by atoms with Gasteiger partial charge in [0.1, 0.15) is 6.33 Å². The van der Waals surface area contributed by atoms with Gasteiger partial charge in [-0.25, -0.2) is 0 Å². The van der Waals surface area contributed by atoms with Crippen molar-refractivity contribution in [3.05, 3.63) is 20.7 Å². The molecule has 0 aromatic carbocycles. The molecule has 6 heteroatoms. The fraction of sp³-hybridized carbons (Fsp3) is 0.143. The maximum absolute atomic E-state index is 4.02. The third-order valence-corrected chi connectivity index (χ3v) is 4.83. The molecule has 2 aromatic rings. The van der Waals surface area contributed by atoms with Gasteiger partial charge in [0, 0.05) is 11.5 Å². The molecule has 0 radical (unpaired) electrons. The van der Waals surface area contributed by atoms with Gasteiger partial charge in [-0.2, -0.15) is 0 Å². The molecular weight excluding hydrogens is 318 g/mol. The van der Waals surface area contributed by atoms with Gasteiger partial charge in [0.25, 0.3) is 0 Å². The fourth-order valence-corrected chi connectivity index (χ4v) is 3.03. The van der Waals surface area contributed by atoms with E-state index < -0.39 is 0 Å². The number of thiophene rings is 1. The Hall–Kier alpha value is -0.200. The highest BCUT2D eigenvalue weighted by atomic mass is 79.9. The van der Waals surface area contributed by atoms with Gasteiger partial charge in [-0.15, -0.1) is 21.5 Å². The predicted molar refractivity (Wildman–Crippen MR) is 59.7 cm³/mol.